The van der Waals surface area contributed by atoms with Gasteiger partial charge >= 0.3 is 0 Å². The molecule has 0 N–H and O–H groups in total. The summed E-state index contributed by atoms with van der Waals surface area (Å²) >= 11 is 6.02. The molecule has 0 atom stereocenters. The Labute approximate surface area is 143 Å². The number of halogens is 1. The number of nitrogens with zero attached hydrogens (tertiary/aromatic N) is 3. The number of fused-ring (bicyclic) bond motifs is 1. The van der Waals surface area contributed by atoms with E-state index >= 15 is 0 Å². The predicted molar refractivity (Wildman–Crippen MR) is 92.0 cm³/mol. The zero-order valence-corrected chi connectivity index (χ0v) is 13.7. The molecular weight excluding hydrogens is 326 g/mol. The maximum Gasteiger partial charge on any atom is 0.233 e. The summed E-state index contributed by atoms with van der Waals surface area (Å²) in [4.78, 5) is 8.69. The van der Waals surface area contributed by atoms with Gasteiger partial charge in [0.2, 0.25) is 5.89 Å². The smallest absolute Gasteiger partial charge is 0.233 e. The second-order valence-corrected chi connectivity index (χ2v) is 5.74. The summed E-state index contributed by atoms with van der Waals surface area (Å²) in [6.45, 7) is 0.280. The molecular formula is C18H14ClN3O2. The Balaban J connectivity index is 1.48. The average Bonchev–Trinajstić information content (AvgIpc) is 3.17. The van der Waals surface area contributed by atoms with E-state index in [1.54, 1.807) is 6.20 Å². The van der Waals surface area contributed by atoms with Crippen molar-refractivity contribution >= 4 is 22.7 Å². The minimum atomic E-state index is 0.280. The Hall–Kier alpha value is -2.79. The fourth-order valence-electron chi connectivity index (χ4n) is 2.48. The van der Waals surface area contributed by atoms with Crippen molar-refractivity contribution in [3.63, 3.8) is 0 Å². The Morgan fingerprint density at radius 1 is 1.12 bits per heavy atom. The molecule has 5 nitrogen and oxygen atoms in total. The van der Waals surface area contributed by atoms with E-state index in [9.17, 15) is 0 Å². The highest BCUT2D eigenvalue weighted by Crippen LogP contribution is 2.24. The average molecular weight is 340 g/mol. The number of benzene rings is 2. The van der Waals surface area contributed by atoms with Gasteiger partial charge in [0.25, 0.3) is 0 Å². The molecule has 0 aliphatic heterocycles. The molecule has 0 unspecified atom stereocenters. The van der Waals surface area contributed by atoms with Crippen molar-refractivity contribution in [2.75, 3.05) is 0 Å². The molecule has 0 aliphatic carbocycles. The van der Waals surface area contributed by atoms with Crippen LogP contribution in [0.2, 0.25) is 5.15 Å². The van der Waals surface area contributed by atoms with Crippen LogP contribution in [-0.4, -0.2) is 14.5 Å². The molecule has 2 heterocycles. The maximum atomic E-state index is 6.02. The third-order valence-electron chi connectivity index (χ3n) is 3.74. The third-order valence-corrected chi connectivity index (χ3v) is 4.10. The van der Waals surface area contributed by atoms with Crippen molar-refractivity contribution in [2.24, 2.45) is 7.05 Å². The quantitative estimate of drug-likeness (QED) is 0.551. The first kappa shape index (κ1) is 14.8. The van der Waals surface area contributed by atoms with Gasteiger partial charge in [-0.1, -0.05) is 23.7 Å². The van der Waals surface area contributed by atoms with Crippen LogP contribution < -0.4 is 4.74 Å². The zero-order chi connectivity index (χ0) is 16.5. The molecule has 0 bridgehead atoms. The first-order valence-electron chi connectivity index (χ1n) is 7.45. The summed E-state index contributed by atoms with van der Waals surface area (Å²) in [6.07, 6.45) is 1.63. The van der Waals surface area contributed by atoms with E-state index in [1.807, 2.05) is 60.1 Å². The molecule has 4 rings (SSSR count). The van der Waals surface area contributed by atoms with E-state index in [1.165, 1.54) is 0 Å². The summed E-state index contributed by atoms with van der Waals surface area (Å²) in [7, 11) is 1.88. The van der Waals surface area contributed by atoms with E-state index in [4.69, 9.17) is 20.8 Å². The van der Waals surface area contributed by atoms with E-state index in [2.05, 4.69) is 9.97 Å². The summed E-state index contributed by atoms with van der Waals surface area (Å²) < 4.78 is 13.2. The molecule has 2 aromatic carbocycles. The van der Waals surface area contributed by atoms with Gasteiger partial charge in [0.05, 0.1) is 6.20 Å². The SMILES string of the molecule is Cn1c(Cl)cnc1-c1ccc(OCc2nc3ccccc3o2)cc1. The van der Waals surface area contributed by atoms with Gasteiger partial charge in [0, 0.05) is 12.6 Å². The van der Waals surface area contributed by atoms with Crippen molar-refractivity contribution < 1.29 is 9.15 Å². The lowest BCUT2D eigenvalue weighted by molar-refractivity contribution is 0.267. The number of imidazole rings is 1. The summed E-state index contributed by atoms with van der Waals surface area (Å²) in [5, 5.41) is 0.598. The van der Waals surface area contributed by atoms with Gasteiger partial charge in [0.1, 0.15) is 22.2 Å². The highest BCUT2D eigenvalue weighted by molar-refractivity contribution is 6.29. The highest BCUT2D eigenvalue weighted by Gasteiger charge is 2.08. The highest BCUT2D eigenvalue weighted by atomic mass is 35.5. The maximum absolute atomic E-state index is 6.02. The molecule has 0 saturated heterocycles. The molecule has 4 aromatic rings. The molecule has 0 aliphatic rings. The fourth-order valence-corrected chi connectivity index (χ4v) is 2.61. The second kappa shape index (κ2) is 6.02. The predicted octanol–water partition coefficient (Wildman–Crippen LogP) is 4.46. The number of hydrogen-bond donors (Lipinski definition) is 0. The number of aromatic nitrogens is 3. The lowest BCUT2D eigenvalue weighted by Crippen LogP contribution is -1.96. The van der Waals surface area contributed by atoms with Gasteiger partial charge in [-0.2, -0.15) is 0 Å². The van der Waals surface area contributed by atoms with E-state index in [-0.39, 0.29) is 6.61 Å². The number of para-hydroxylation sites is 2. The number of ether oxygens (including phenoxy) is 1. The molecule has 0 amide bonds. The van der Waals surface area contributed by atoms with Crippen molar-refractivity contribution in [3.05, 3.63) is 65.8 Å². The molecule has 0 spiro atoms. The minimum Gasteiger partial charge on any atom is -0.484 e. The van der Waals surface area contributed by atoms with Gasteiger partial charge in [-0.3, -0.25) is 0 Å². The summed E-state index contributed by atoms with van der Waals surface area (Å²) in [5.74, 6) is 2.10. The minimum absolute atomic E-state index is 0.280. The van der Waals surface area contributed by atoms with Gasteiger partial charge < -0.3 is 13.7 Å². The Morgan fingerprint density at radius 3 is 2.62 bits per heavy atom. The molecule has 0 radical (unpaired) electrons. The van der Waals surface area contributed by atoms with Crippen LogP contribution in [0, 0.1) is 0 Å². The molecule has 0 saturated carbocycles. The molecule has 24 heavy (non-hydrogen) atoms. The monoisotopic (exact) mass is 339 g/mol. The summed E-state index contributed by atoms with van der Waals surface area (Å²) in [6, 6.07) is 15.3. The van der Waals surface area contributed by atoms with Crippen LogP contribution >= 0.6 is 11.6 Å². The van der Waals surface area contributed by atoms with Gasteiger partial charge in [-0.15, -0.1) is 0 Å². The van der Waals surface area contributed by atoms with Crippen molar-refractivity contribution in [1.82, 2.24) is 14.5 Å². The molecule has 0 fully saturated rings. The van der Waals surface area contributed by atoms with Crippen LogP contribution in [0.1, 0.15) is 5.89 Å². The lowest BCUT2D eigenvalue weighted by atomic mass is 10.2. The van der Waals surface area contributed by atoms with Crippen LogP contribution in [0.25, 0.3) is 22.5 Å². The second-order valence-electron chi connectivity index (χ2n) is 5.35. The molecule has 2 aromatic heterocycles. The third kappa shape index (κ3) is 2.74. The van der Waals surface area contributed by atoms with Crippen LogP contribution in [-0.2, 0) is 13.7 Å². The van der Waals surface area contributed by atoms with Crippen molar-refractivity contribution in [1.29, 1.82) is 0 Å². The van der Waals surface area contributed by atoms with Crippen LogP contribution in [0.5, 0.6) is 5.75 Å². The Morgan fingerprint density at radius 2 is 1.92 bits per heavy atom. The van der Waals surface area contributed by atoms with Crippen LogP contribution in [0.15, 0.2) is 59.1 Å². The Kier molecular flexibility index (Phi) is 3.70. The van der Waals surface area contributed by atoms with Crippen LogP contribution in [0.3, 0.4) is 0 Å². The van der Waals surface area contributed by atoms with Gasteiger partial charge in [0.15, 0.2) is 12.2 Å². The topological polar surface area (TPSA) is 53.1 Å². The van der Waals surface area contributed by atoms with Crippen LogP contribution in [0.4, 0.5) is 0 Å². The standard InChI is InChI=1S/C18H14ClN3O2/c1-22-16(19)10-20-18(22)12-6-8-13(9-7-12)23-11-17-21-14-4-2-3-5-15(14)24-17/h2-10H,11H2,1H3. The van der Waals surface area contributed by atoms with Crippen molar-refractivity contribution in [3.8, 4) is 17.1 Å². The number of oxazole rings is 1. The van der Waals surface area contributed by atoms with Gasteiger partial charge in [-0.05, 0) is 36.4 Å². The first-order valence-corrected chi connectivity index (χ1v) is 7.83. The zero-order valence-electron chi connectivity index (χ0n) is 12.9. The first-order chi connectivity index (χ1) is 11.7. The largest absolute Gasteiger partial charge is 0.484 e. The normalized spacial score (nSPS) is 11.1. The number of rotatable bonds is 4. The van der Waals surface area contributed by atoms with E-state index in [0.717, 1.165) is 28.2 Å². The summed E-state index contributed by atoms with van der Waals surface area (Å²) in [5.41, 5.74) is 2.56. The Bertz CT molecular complexity index is 956. The number of hydrogen-bond acceptors (Lipinski definition) is 4. The van der Waals surface area contributed by atoms with Crippen molar-refractivity contribution in [2.45, 2.75) is 6.61 Å². The molecule has 6 heteroatoms. The van der Waals surface area contributed by atoms with E-state index < -0.39 is 0 Å². The van der Waals surface area contributed by atoms with E-state index in [0.29, 0.717) is 11.0 Å². The molecule has 120 valence electrons. The fraction of sp³-hybridized carbons (Fsp3) is 0.111. The van der Waals surface area contributed by atoms with Gasteiger partial charge in [-0.25, -0.2) is 9.97 Å². The lowest BCUT2D eigenvalue weighted by Gasteiger charge is -2.06.